The molecule has 23 heavy (non-hydrogen) atoms. The molecule has 0 aliphatic heterocycles. The molecule has 1 N–H and O–H groups in total. The van der Waals surface area contributed by atoms with Gasteiger partial charge in [0.2, 0.25) is 5.88 Å². The fourth-order valence-electron chi connectivity index (χ4n) is 2.13. The van der Waals surface area contributed by atoms with Crippen molar-refractivity contribution < 1.29 is 9.53 Å². The van der Waals surface area contributed by atoms with E-state index in [0.717, 1.165) is 20.5 Å². The number of aromatic nitrogens is 3. The van der Waals surface area contributed by atoms with E-state index in [4.69, 9.17) is 4.74 Å². The lowest BCUT2D eigenvalue weighted by Gasteiger charge is -2.03. The summed E-state index contributed by atoms with van der Waals surface area (Å²) < 4.78 is 6.67. The maximum absolute atomic E-state index is 12.3. The summed E-state index contributed by atoms with van der Waals surface area (Å²) in [6, 6.07) is 4.05. The van der Waals surface area contributed by atoms with Crippen molar-refractivity contribution in [3.63, 3.8) is 0 Å². The summed E-state index contributed by atoms with van der Waals surface area (Å²) in [6.45, 7) is 2.39. The number of nitrogens with one attached hydrogen (secondary N) is 1. The van der Waals surface area contributed by atoms with Crippen LogP contribution in [-0.2, 0) is 13.6 Å². The van der Waals surface area contributed by atoms with Crippen molar-refractivity contribution in [1.29, 1.82) is 0 Å². The second-order valence-corrected chi connectivity index (χ2v) is 6.94. The van der Waals surface area contributed by atoms with Gasteiger partial charge in [-0.3, -0.25) is 9.48 Å². The van der Waals surface area contributed by atoms with Crippen LogP contribution < -0.4 is 10.1 Å². The molecular weight excluding hydrogens is 332 g/mol. The summed E-state index contributed by atoms with van der Waals surface area (Å²) in [5, 5.41) is 10.0. The van der Waals surface area contributed by atoms with E-state index in [2.05, 4.69) is 15.4 Å². The Bertz CT molecular complexity index is 821. The molecule has 8 heteroatoms. The van der Waals surface area contributed by atoms with Gasteiger partial charge >= 0.3 is 0 Å². The van der Waals surface area contributed by atoms with Gasteiger partial charge in [0, 0.05) is 18.1 Å². The minimum atomic E-state index is -0.208. The number of methoxy groups -OCH3 is 1. The number of hydrogen-bond donors (Lipinski definition) is 1. The van der Waals surface area contributed by atoms with E-state index in [1.165, 1.54) is 7.11 Å². The van der Waals surface area contributed by atoms with Gasteiger partial charge in [-0.2, -0.15) is 0 Å². The maximum atomic E-state index is 12.3. The van der Waals surface area contributed by atoms with Crippen LogP contribution in [0.5, 0.6) is 5.88 Å². The number of nitrogens with zero attached hydrogens (tertiary/aromatic N) is 3. The highest BCUT2D eigenvalue weighted by Gasteiger charge is 2.17. The molecular formula is C15H16N4O2S2. The third-order valence-corrected chi connectivity index (χ3v) is 5.46. The fourth-order valence-corrected chi connectivity index (χ4v) is 3.93. The number of hydrogen-bond acceptors (Lipinski definition) is 6. The van der Waals surface area contributed by atoms with Crippen LogP contribution in [0.15, 0.2) is 23.7 Å². The van der Waals surface area contributed by atoms with E-state index < -0.39 is 0 Å². The van der Waals surface area contributed by atoms with Crippen LogP contribution in [0.1, 0.15) is 20.9 Å². The Balaban J connectivity index is 1.72. The predicted octanol–water partition coefficient (Wildman–Crippen LogP) is 2.85. The van der Waals surface area contributed by atoms with Crippen LogP contribution in [0.2, 0.25) is 0 Å². The summed E-state index contributed by atoms with van der Waals surface area (Å²) in [7, 11) is 3.25. The zero-order valence-electron chi connectivity index (χ0n) is 13.0. The van der Waals surface area contributed by atoms with Gasteiger partial charge in [0.15, 0.2) is 0 Å². The Kier molecular flexibility index (Phi) is 4.44. The van der Waals surface area contributed by atoms with E-state index in [1.807, 2.05) is 24.4 Å². The quantitative estimate of drug-likeness (QED) is 0.770. The highest BCUT2D eigenvalue weighted by Crippen LogP contribution is 2.31. The summed E-state index contributed by atoms with van der Waals surface area (Å²) in [6.07, 6.45) is 1.64. The minimum absolute atomic E-state index is 0.208. The number of thiazole rings is 1. The summed E-state index contributed by atoms with van der Waals surface area (Å²) in [4.78, 5) is 19.1. The van der Waals surface area contributed by atoms with Gasteiger partial charge in [0.25, 0.3) is 5.91 Å². The first-order chi connectivity index (χ1) is 11.1. The Labute approximate surface area is 141 Å². The van der Waals surface area contributed by atoms with Crippen LogP contribution in [0.4, 0.5) is 0 Å². The standard InChI is InChI=1S/C15H16N4O2S2/c1-9-12(23-15(17-9)11-5-4-6-22-11)7-16-13(20)10-8-19(2)18-14(10)21-3/h4-6,8H,7H2,1-3H3,(H,16,20). The Morgan fingerprint density at radius 3 is 3.00 bits per heavy atom. The number of carbonyl (C=O) groups excluding carboxylic acids is 1. The number of aryl methyl sites for hydroxylation is 2. The van der Waals surface area contributed by atoms with Gasteiger partial charge in [0.05, 0.1) is 24.2 Å². The van der Waals surface area contributed by atoms with Gasteiger partial charge in [-0.05, 0) is 18.4 Å². The summed E-state index contributed by atoms with van der Waals surface area (Å²) >= 11 is 3.26. The normalized spacial score (nSPS) is 10.7. The van der Waals surface area contributed by atoms with Crippen LogP contribution >= 0.6 is 22.7 Å². The molecule has 3 rings (SSSR count). The highest BCUT2D eigenvalue weighted by molar-refractivity contribution is 7.21. The number of carbonyl (C=O) groups is 1. The monoisotopic (exact) mass is 348 g/mol. The lowest BCUT2D eigenvalue weighted by molar-refractivity contribution is 0.0948. The van der Waals surface area contributed by atoms with Crippen LogP contribution in [0, 0.1) is 6.92 Å². The molecule has 0 fully saturated rings. The molecule has 0 bridgehead atoms. The van der Waals surface area contributed by atoms with Crippen molar-refractivity contribution in [2.24, 2.45) is 7.05 Å². The van der Waals surface area contributed by atoms with Crippen molar-refractivity contribution in [1.82, 2.24) is 20.1 Å². The van der Waals surface area contributed by atoms with Crippen molar-refractivity contribution in [2.45, 2.75) is 13.5 Å². The molecule has 120 valence electrons. The molecule has 0 spiro atoms. The Morgan fingerprint density at radius 2 is 2.30 bits per heavy atom. The predicted molar refractivity (Wildman–Crippen MR) is 91.1 cm³/mol. The Morgan fingerprint density at radius 1 is 1.48 bits per heavy atom. The number of ether oxygens (including phenoxy) is 1. The minimum Gasteiger partial charge on any atom is -0.479 e. The molecule has 3 aromatic rings. The molecule has 3 heterocycles. The first-order valence-corrected chi connectivity index (χ1v) is 8.64. The van der Waals surface area contributed by atoms with Gasteiger partial charge in [-0.25, -0.2) is 4.98 Å². The smallest absolute Gasteiger partial charge is 0.258 e. The number of thiophene rings is 1. The molecule has 0 aliphatic carbocycles. The van der Waals surface area contributed by atoms with Crippen LogP contribution in [0.25, 0.3) is 9.88 Å². The van der Waals surface area contributed by atoms with E-state index in [0.29, 0.717) is 18.0 Å². The van der Waals surface area contributed by atoms with Crippen molar-refractivity contribution in [2.75, 3.05) is 7.11 Å². The molecule has 3 aromatic heterocycles. The van der Waals surface area contributed by atoms with E-state index in [-0.39, 0.29) is 5.91 Å². The third-order valence-electron chi connectivity index (χ3n) is 3.27. The lowest BCUT2D eigenvalue weighted by atomic mass is 10.3. The van der Waals surface area contributed by atoms with Crippen molar-refractivity contribution in [3.8, 4) is 15.8 Å². The second-order valence-electron chi connectivity index (χ2n) is 4.91. The van der Waals surface area contributed by atoms with Crippen LogP contribution in [-0.4, -0.2) is 27.8 Å². The SMILES string of the molecule is COc1nn(C)cc1C(=O)NCc1sc(-c2cccs2)nc1C. The number of rotatable bonds is 5. The molecule has 0 unspecified atom stereocenters. The third kappa shape index (κ3) is 3.27. The average Bonchev–Trinajstić information content (AvgIpc) is 3.24. The molecule has 0 saturated heterocycles. The molecule has 0 radical (unpaired) electrons. The van der Waals surface area contributed by atoms with Crippen molar-refractivity contribution >= 4 is 28.6 Å². The highest BCUT2D eigenvalue weighted by atomic mass is 32.1. The first kappa shape index (κ1) is 15.7. The average molecular weight is 348 g/mol. The Hall–Kier alpha value is -2.19. The molecule has 0 aliphatic rings. The van der Waals surface area contributed by atoms with Crippen molar-refractivity contribution in [3.05, 3.63) is 39.8 Å². The van der Waals surface area contributed by atoms with E-state index in [9.17, 15) is 4.79 Å². The topological polar surface area (TPSA) is 69.0 Å². The van der Waals surface area contributed by atoms with Gasteiger partial charge in [-0.15, -0.1) is 27.8 Å². The van der Waals surface area contributed by atoms with Gasteiger partial charge in [-0.1, -0.05) is 6.07 Å². The first-order valence-electron chi connectivity index (χ1n) is 6.94. The molecule has 0 saturated carbocycles. The van der Waals surface area contributed by atoms with Gasteiger partial charge < -0.3 is 10.1 Å². The summed E-state index contributed by atoms with van der Waals surface area (Å²) in [5.41, 5.74) is 1.37. The zero-order valence-corrected chi connectivity index (χ0v) is 14.6. The fraction of sp³-hybridized carbons (Fsp3) is 0.267. The van der Waals surface area contributed by atoms with Crippen LogP contribution in [0.3, 0.4) is 0 Å². The maximum Gasteiger partial charge on any atom is 0.258 e. The number of amides is 1. The summed E-state index contributed by atoms with van der Waals surface area (Å²) in [5.74, 6) is 0.116. The molecule has 6 nitrogen and oxygen atoms in total. The molecule has 0 atom stereocenters. The molecule has 0 aromatic carbocycles. The largest absolute Gasteiger partial charge is 0.479 e. The second kappa shape index (κ2) is 6.51. The van der Waals surface area contributed by atoms with E-state index >= 15 is 0 Å². The van der Waals surface area contributed by atoms with E-state index in [1.54, 1.807) is 40.6 Å². The zero-order chi connectivity index (χ0) is 16.4. The van der Waals surface area contributed by atoms with Gasteiger partial charge in [0.1, 0.15) is 10.6 Å². The molecule has 1 amide bonds. The lowest BCUT2D eigenvalue weighted by Crippen LogP contribution is -2.22.